The lowest BCUT2D eigenvalue weighted by molar-refractivity contribution is -0.139. The minimum Gasteiger partial charge on any atom is -0.445 e. The summed E-state index contributed by atoms with van der Waals surface area (Å²) in [6.07, 6.45) is 0.578. The Morgan fingerprint density at radius 2 is 1.79 bits per heavy atom. The van der Waals surface area contributed by atoms with E-state index in [1.165, 1.54) is 0 Å². The molecule has 1 aliphatic rings. The molecule has 0 aromatic heterocycles. The third-order valence-corrected chi connectivity index (χ3v) is 6.39. The number of carbonyl (C=O) groups excluding carboxylic acids is 2. The average Bonchev–Trinajstić information content (AvgIpc) is 2.65. The monoisotopic (exact) mass is 401 g/mol. The fourth-order valence-corrected chi connectivity index (χ4v) is 4.67. The highest BCUT2D eigenvalue weighted by atomic mass is 32.2. The summed E-state index contributed by atoms with van der Waals surface area (Å²) in [5, 5.41) is 2.70. The summed E-state index contributed by atoms with van der Waals surface area (Å²) in [6.45, 7) is 1.77. The van der Waals surface area contributed by atoms with Crippen molar-refractivity contribution in [2.75, 3.05) is 12.3 Å². The van der Waals surface area contributed by atoms with Gasteiger partial charge in [0.15, 0.2) is 15.4 Å². The number of cyclic esters (lactones) is 1. The molecular weight excluding hydrogens is 378 g/mol. The Kier molecular flexibility index (Phi) is 5.84. The predicted molar refractivity (Wildman–Crippen MR) is 106 cm³/mol. The summed E-state index contributed by atoms with van der Waals surface area (Å²) in [5.41, 5.74) is 0.683. The number of ether oxygens (including phenoxy) is 1. The van der Waals surface area contributed by atoms with Gasteiger partial charge >= 0.3 is 5.97 Å². The highest BCUT2D eigenvalue weighted by Crippen LogP contribution is 2.28. The van der Waals surface area contributed by atoms with E-state index in [0.717, 1.165) is 11.1 Å². The van der Waals surface area contributed by atoms with Crippen molar-refractivity contribution >= 4 is 21.7 Å². The molecule has 6 nitrogen and oxygen atoms in total. The predicted octanol–water partition coefficient (Wildman–Crippen LogP) is 2.28. The second kappa shape index (κ2) is 8.14. The number of benzene rings is 2. The standard InChI is InChI=1S/C21H23NO5S/c1-21(14-17-10-5-6-11-18(17)19(23)27-21)20(24)22-12-7-13-28(25,26)15-16-8-3-2-4-9-16/h2-6,8-11H,7,12-15H2,1H3,(H,22,24). The molecule has 0 saturated heterocycles. The Hall–Kier alpha value is -2.67. The lowest BCUT2D eigenvalue weighted by Gasteiger charge is -2.33. The molecule has 2 aromatic rings. The highest BCUT2D eigenvalue weighted by Gasteiger charge is 2.42. The molecule has 0 spiro atoms. The first-order valence-electron chi connectivity index (χ1n) is 9.13. The van der Waals surface area contributed by atoms with Crippen LogP contribution in [0.2, 0.25) is 0 Å². The summed E-state index contributed by atoms with van der Waals surface area (Å²) < 4.78 is 29.8. The first-order chi connectivity index (χ1) is 13.3. The van der Waals surface area contributed by atoms with E-state index >= 15 is 0 Å². The zero-order valence-electron chi connectivity index (χ0n) is 15.7. The van der Waals surface area contributed by atoms with E-state index in [1.807, 2.05) is 12.1 Å². The number of esters is 1. The molecule has 0 radical (unpaired) electrons. The Morgan fingerprint density at radius 1 is 1.11 bits per heavy atom. The van der Waals surface area contributed by atoms with Gasteiger partial charge in [0.1, 0.15) is 0 Å². The molecule has 2 aromatic carbocycles. The zero-order chi connectivity index (χ0) is 20.2. The van der Waals surface area contributed by atoms with E-state index in [4.69, 9.17) is 4.74 Å². The van der Waals surface area contributed by atoms with Gasteiger partial charge in [-0.15, -0.1) is 0 Å². The smallest absolute Gasteiger partial charge is 0.339 e. The second-order valence-corrected chi connectivity index (χ2v) is 9.33. The van der Waals surface area contributed by atoms with Crippen molar-refractivity contribution in [1.29, 1.82) is 0 Å². The first kappa shape index (κ1) is 20.1. The van der Waals surface area contributed by atoms with Gasteiger partial charge in [-0.25, -0.2) is 13.2 Å². The lowest BCUT2D eigenvalue weighted by atomic mass is 9.89. The summed E-state index contributed by atoms with van der Waals surface area (Å²) in [4.78, 5) is 24.7. The molecule has 148 valence electrons. The van der Waals surface area contributed by atoms with Crippen LogP contribution in [0.15, 0.2) is 54.6 Å². The van der Waals surface area contributed by atoms with Crippen molar-refractivity contribution < 1.29 is 22.7 Å². The normalized spacial score (nSPS) is 18.8. The van der Waals surface area contributed by atoms with Crippen LogP contribution in [0, 0.1) is 0 Å². The maximum absolute atomic E-state index is 12.6. The van der Waals surface area contributed by atoms with Gasteiger partial charge in [-0.05, 0) is 30.5 Å². The molecular formula is C21H23NO5S. The van der Waals surface area contributed by atoms with Gasteiger partial charge in [-0.1, -0.05) is 48.5 Å². The third-order valence-electron chi connectivity index (χ3n) is 4.71. The minimum absolute atomic E-state index is 0.0199. The molecule has 1 amide bonds. The first-order valence-corrected chi connectivity index (χ1v) is 11.0. The summed E-state index contributed by atoms with van der Waals surface area (Å²) >= 11 is 0. The molecule has 1 atom stereocenters. The number of hydrogen-bond donors (Lipinski definition) is 1. The number of nitrogens with one attached hydrogen (secondary N) is 1. The van der Waals surface area contributed by atoms with E-state index in [9.17, 15) is 18.0 Å². The van der Waals surface area contributed by atoms with Crippen LogP contribution in [0.1, 0.15) is 34.8 Å². The van der Waals surface area contributed by atoms with Crippen LogP contribution < -0.4 is 5.32 Å². The summed E-state index contributed by atoms with van der Waals surface area (Å²) in [6, 6.07) is 16.0. The Labute approximate surface area is 164 Å². The maximum Gasteiger partial charge on any atom is 0.339 e. The van der Waals surface area contributed by atoms with Crippen molar-refractivity contribution in [2.24, 2.45) is 0 Å². The molecule has 28 heavy (non-hydrogen) atoms. The molecule has 3 rings (SSSR count). The van der Waals surface area contributed by atoms with E-state index in [-0.39, 0.29) is 24.5 Å². The Morgan fingerprint density at radius 3 is 2.54 bits per heavy atom. The lowest BCUT2D eigenvalue weighted by Crippen LogP contribution is -2.51. The van der Waals surface area contributed by atoms with Gasteiger partial charge in [0.05, 0.1) is 17.1 Å². The van der Waals surface area contributed by atoms with Crippen molar-refractivity contribution in [3.8, 4) is 0 Å². The highest BCUT2D eigenvalue weighted by molar-refractivity contribution is 7.90. The minimum atomic E-state index is -3.26. The van der Waals surface area contributed by atoms with Crippen molar-refractivity contribution in [1.82, 2.24) is 5.32 Å². The zero-order valence-corrected chi connectivity index (χ0v) is 16.5. The number of amides is 1. The molecule has 0 fully saturated rings. The van der Waals surface area contributed by atoms with Gasteiger partial charge < -0.3 is 10.1 Å². The molecule has 1 heterocycles. The van der Waals surface area contributed by atoms with Crippen LogP contribution in [-0.2, 0) is 31.5 Å². The van der Waals surface area contributed by atoms with Crippen LogP contribution in [0.3, 0.4) is 0 Å². The average molecular weight is 401 g/mol. The van der Waals surface area contributed by atoms with Crippen LogP contribution in [0.25, 0.3) is 0 Å². The molecule has 0 bridgehead atoms. The fraction of sp³-hybridized carbons (Fsp3) is 0.333. The van der Waals surface area contributed by atoms with Crippen molar-refractivity contribution in [3.05, 3.63) is 71.3 Å². The van der Waals surface area contributed by atoms with Crippen molar-refractivity contribution in [3.63, 3.8) is 0 Å². The molecule has 0 saturated carbocycles. The number of carbonyl (C=O) groups is 2. The molecule has 1 unspecified atom stereocenters. The van der Waals surface area contributed by atoms with Crippen LogP contribution in [0.5, 0.6) is 0 Å². The van der Waals surface area contributed by atoms with E-state index in [1.54, 1.807) is 49.4 Å². The van der Waals surface area contributed by atoms with Gasteiger partial charge in [-0.2, -0.15) is 0 Å². The second-order valence-electron chi connectivity index (χ2n) is 7.14. The molecule has 0 aliphatic carbocycles. The fourth-order valence-electron chi connectivity index (χ4n) is 3.24. The van der Waals surface area contributed by atoms with Crippen molar-refractivity contribution in [2.45, 2.75) is 31.1 Å². The third kappa shape index (κ3) is 4.78. The largest absolute Gasteiger partial charge is 0.445 e. The molecule has 1 aliphatic heterocycles. The Bertz CT molecular complexity index is 971. The topological polar surface area (TPSA) is 89.5 Å². The summed E-state index contributed by atoms with van der Waals surface area (Å²) in [5.74, 6) is -0.990. The maximum atomic E-state index is 12.6. The van der Waals surface area contributed by atoms with Gasteiger partial charge in [-0.3, -0.25) is 4.79 Å². The number of hydrogen-bond acceptors (Lipinski definition) is 5. The van der Waals surface area contributed by atoms with E-state index in [0.29, 0.717) is 12.0 Å². The van der Waals surface area contributed by atoms with E-state index < -0.39 is 27.3 Å². The summed E-state index contributed by atoms with van der Waals surface area (Å²) in [7, 11) is -3.26. The van der Waals surface area contributed by atoms with Crippen LogP contribution in [-0.4, -0.2) is 38.2 Å². The number of sulfone groups is 1. The van der Waals surface area contributed by atoms with Crippen LogP contribution in [0.4, 0.5) is 0 Å². The Balaban J connectivity index is 1.51. The van der Waals surface area contributed by atoms with Crippen LogP contribution >= 0.6 is 0 Å². The number of rotatable bonds is 7. The number of fused-ring (bicyclic) bond motifs is 1. The van der Waals surface area contributed by atoms with E-state index in [2.05, 4.69) is 5.32 Å². The molecule has 1 N–H and O–H groups in total. The van der Waals surface area contributed by atoms with Gasteiger partial charge in [0.2, 0.25) is 0 Å². The van der Waals surface area contributed by atoms with Gasteiger partial charge in [0, 0.05) is 13.0 Å². The molecule has 7 heteroatoms. The van der Waals surface area contributed by atoms with Gasteiger partial charge in [0.25, 0.3) is 5.91 Å². The quantitative estimate of drug-likeness (QED) is 0.568. The SMILES string of the molecule is CC1(C(=O)NCCCS(=O)(=O)Cc2ccccc2)Cc2ccccc2C(=O)O1.